The lowest BCUT2D eigenvalue weighted by molar-refractivity contribution is -0.141. The minimum absolute atomic E-state index is 0.0707. The van der Waals surface area contributed by atoms with E-state index in [-0.39, 0.29) is 18.3 Å². The molecule has 8 nitrogen and oxygen atoms in total. The maximum atomic E-state index is 13.6. The number of hydrogen-bond donors (Lipinski definition) is 1. The smallest absolute Gasteiger partial charge is 0.260 e. The number of amides is 1. The summed E-state index contributed by atoms with van der Waals surface area (Å²) in [6.45, 7) is 2.69. The van der Waals surface area contributed by atoms with Crippen LogP contribution in [0.25, 0.3) is 0 Å². The Labute approximate surface area is 131 Å². The molecule has 1 amide bonds. The van der Waals surface area contributed by atoms with Crippen LogP contribution in [0.1, 0.15) is 17.5 Å². The molecule has 1 atom stereocenters. The fourth-order valence-electron chi connectivity index (χ4n) is 2.29. The largest absolute Gasteiger partial charge is 0.481 e. The zero-order valence-corrected chi connectivity index (χ0v) is 12.5. The van der Waals surface area contributed by atoms with Gasteiger partial charge >= 0.3 is 0 Å². The van der Waals surface area contributed by atoms with Crippen LogP contribution in [0.15, 0.2) is 18.2 Å². The van der Waals surface area contributed by atoms with Crippen LogP contribution < -0.4 is 4.74 Å². The predicted octanol–water partition coefficient (Wildman–Crippen LogP) is 0.626. The number of tetrazole rings is 1. The summed E-state index contributed by atoms with van der Waals surface area (Å²) in [5.41, 5.74) is 0.859. The number of carbonyl (C=O) groups is 1. The molecular formula is C14H16FN5O3. The van der Waals surface area contributed by atoms with E-state index in [1.807, 2.05) is 6.92 Å². The third-order valence-corrected chi connectivity index (χ3v) is 3.51. The van der Waals surface area contributed by atoms with Crippen molar-refractivity contribution in [2.24, 2.45) is 0 Å². The molecule has 2 heterocycles. The average molecular weight is 321 g/mol. The van der Waals surface area contributed by atoms with Gasteiger partial charge in [0.15, 0.2) is 18.2 Å². The number of ether oxygens (including phenoxy) is 2. The Morgan fingerprint density at radius 1 is 1.57 bits per heavy atom. The van der Waals surface area contributed by atoms with Crippen LogP contribution in [0.3, 0.4) is 0 Å². The van der Waals surface area contributed by atoms with Crippen molar-refractivity contribution >= 4 is 5.91 Å². The summed E-state index contributed by atoms with van der Waals surface area (Å²) >= 11 is 0. The van der Waals surface area contributed by atoms with Gasteiger partial charge in [-0.2, -0.15) is 5.21 Å². The molecule has 1 saturated heterocycles. The molecule has 1 unspecified atom stereocenters. The van der Waals surface area contributed by atoms with Crippen LogP contribution in [0.5, 0.6) is 5.75 Å². The first-order valence-electron chi connectivity index (χ1n) is 7.15. The molecule has 23 heavy (non-hydrogen) atoms. The minimum Gasteiger partial charge on any atom is -0.481 e. The number of carbonyl (C=O) groups excluding carboxylic acids is 1. The van der Waals surface area contributed by atoms with Gasteiger partial charge in [0, 0.05) is 6.54 Å². The first-order valence-corrected chi connectivity index (χ1v) is 7.15. The Hall–Kier alpha value is -2.55. The zero-order valence-electron chi connectivity index (χ0n) is 12.5. The van der Waals surface area contributed by atoms with Gasteiger partial charge in [-0.05, 0) is 24.6 Å². The van der Waals surface area contributed by atoms with Crippen LogP contribution in [0.2, 0.25) is 0 Å². The Kier molecular flexibility index (Phi) is 4.47. The second-order valence-corrected chi connectivity index (χ2v) is 5.19. The van der Waals surface area contributed by atoms with E-state index in [2.05, 4.69) is 20.6 Å². The van der Waals surface area contributed by atoms with Gasteiger partial charge in [-0.3, -0.25) is 4.79 Å². The van der Waals surface area contributed by atoms with Crippen molar-refractivity contribution in [3.8, 4) is 5.75 Å². The molecule has 0 bridgehead atoms. The van der Waals surface area contributed by atoms with Crippen molar-refractivity contribution in [3.05, 3.63) is 35.4 Å². The van der Waals surface area contributed by atoms with Gasteiger partial charge in [0.1, 0.15) is 6.10 Å². The monoisotopic (exact) mass is 321 g/mol. The van der Waals surface area contributed by atoms with Crippen molar-refractivity contribution in [2.45, 2.75) is 13.0 Å². The zero-order chi connectivity index (χ0) is 16.2. The van der Waals surface area contributed by atoms with Crippen molar-refractivity contribution < 1.29 is 18.7 Å². The maximum Gasteiger partial charge on any atom is 0.260 e. The van der Waals surface area contributed by atoms with E-state index in [0.29, 0.717) is 25.5 Å². The molecule has 0 saturated carbocycles. The molecular weight excluding hydrogens is 305 g/mol. The van der Waals surface area contributed by atoms with Crippen molar-refractivity contribution in [2.75, 3.05) is 26.3 Å². The van der Waals surface area contributed by atoms with E-state index >= 15 is 0 Å². The van der Waals surface area contributed by atoms with Crippen molar-refractivity contribution in [1.82, 2.24) is 25.5 Å². The van der Waals surface area contributed by atoms with E-state index in [1.54, 1.807) is 17.0 Å². The van der Waals surface area contributed by atoms with E-state index in [4.69, 9.17) is 9.47 Å². The van der Waals surface area contributed by atoms with Crippen molar-refractivity contribution in [1.29, 1.82) is 0 Å². The van der Waals surface area contributed by atoms with Gasteiger partial charge in [-0.15, -0.1) is 10.2 Å². The Balaban J connectivity index is 1.58. The molecule has 3 rings (SSSR count). The molecule has 1 N–H and O–H groups in total. The molecule has 1 aliphatic heterocycles. The average Bonchev–Trinajstić information content (AvgIpc) is 3.10. The molecule has 1 aromatic heterocycles. The fraction of sp³-hybridized carbons (Fsp3) is 0.429. The lowest BCUT2D eigenvalue weighted by atomic mass is 10.2. The normalized spacial score (nSPS) is 18.0. The van der Waals surface area contributed by atoms with E-state index in [0.717, 1.165) is 5.56 Å². The summed E-state index contributed by atoms with van der Waals surface area (Å²) in [5.74, 6) is -0.271. The number of aromatic amines is 1. The van der Waals surface area contributed by atoms with Crippen LogP contribution in [-0.4, -0.2) is 57.7 Å². The summed E-state index contributed by atoms with van der Waals surface area (Å²) in [4.78, 5) is 13.8. The summed E-state index contributed by atoms with van der Waals surface area (Å²) in [6, 6.07) is 4.52. The topological polar surface area (TPSA) is 93.2 Å². The fourth-order valence-corrected chi connectivity index (χ4v) is 2.29. The second kappa shape index (κ2) is 6.69. The maximum absolute atomic E-state index is 13.6. The lowest BCUT2D eigenvalue weighted by Gasteiger charge is -2.31. The number of aryl methyl sites for hydroxylation is 1. The number of rotatable bonds is 4. The van der Waals surface area contributed by atoms with Gasteiger partial charge in [0.25, 0.3) is 5.91 Å². The van der Waals surface area contributed by atoms with Crippen LogP contribution in [-0.2, 0) is 9.53 Å². The second-order valence-electron chi connectivity index (χ2n) is 5.19. The number of H-pyrrole nitrogens is 1. The number of hydrogen-bond acceptors (Lipinski definition) is 6. The molecule has 1 fully saturated rings. The lowest BCUT2D eigenvalue weighted by Crippen LogP contribution is -2.44. The highest BCUT2D eigenvalue weighted by Gasteiger charge is 2.28. The number of halogens is 1. The van der Waals surface area contributed by atoms with E-state index in [1.165, 1.54) is 6.07 Å². The molecule has 122 valence electrons. The van der Waals surface area contributed by atoms with Gasteiger partial charge < -0.3 is 14.4 Å². The van der Waals surface area contributed by atoms with E-state index in [9.17, 15) is 9.18 Å². The number of nitrogens with one attached hydrogen (secondary N) is 1. The highest BCUT2D eigenvalue weighted by Crippen LogP contribution is 2.20. The number of morpholine rings is 1. The predicted molar refractivity (Wildman–Crippen MR) is 76.1 cm³/mol. The standard InChI is InChI=1S/C14H16FN5O3/c1-9-2-3-10(15)11(6-9)23-8-13(21)20-4-5-22-12(7-20)14-16-18-19-17-14/h2-3,6,12H,4-5,7-8H2,1H3,(H,16,17,18,19). The van der Waals surface area contributed by atoms with Gasteiger partial charge in [-0.1, -0.05) is 11.3 Å². The number of benzene rings is 1. The van der Waals surface area contributed by atoms with Crippen LogP contribution in [0.4, 0.5) is 4.39 Å². The molecule has 1 aromatic carbocycles. The Morgan fingerprint density at radius 3 is 3.22 bits per heavy atom. The third kappa shape index (κ3) is 3.62. The molecule has 2 aromatic rings. The SMILES string of the molecule is Cc1ccc(F)c(OCC(=O)N2CCOC(c3nn[nH]n3)C2)c1. The van der Waals surface area contributed by atoms with Gasteiger partial charge in [0.2, 0.25) is 5.82 Å². The van der Waals surface area contributed by atoms with Crippen LogP contribution in [0, 0.1) is 12.7 Å². The van der Waals surface area contributed by atoms with E-state index < -0.39 is 11.9 Å². The summed E-state index contributed by atoms with van der Waals surface area (Å²) in [6.07, 6.45) is -0.429. The third-order valence-electron chi connectivity index (χ3n) is 3.51. The quantitative estimate of drug-likeness (QED) is 0.887. The number of aromatic nitrogens is 4. The summed E-state index contributed by atoms with van der Waals surface area (Å²) in [7, 11) is 0. The summed E-state index contributed by atoms with van der Waals surface area (Å²) < 4.78 is 24.4. The van der Waals surface area contributed by atoms with Crippen LogP contribution >= 0.6 is 0 Å². The first kappa shape index (κ1) is 15.3. The minimum atomic E-state index is -0.491. The van der Waals surface area contributed by atoms with Gasteiger partial charge in [0.05, 0.1) is 13.2 Å². The molecule has 0 radical (unpaired) electrons. The van der Waals surface area contributed by atoms with Gasteiger partial charge in [-0.25, -0.2) is 4.39 Å². The molecule has 0 spiro atoms. The highest BCUT2D eigenvalue weighted by molar-refractivity contribution is 5.78. The Morgan fingerprint density at radius 2 is 2.43 bits per heavy atom. The Bertz CT molecular complexity index is 679. The first-order chi connectivity index (χ1) is 11.1. The molecule has 0 aliphatic carbocycles. The molecule has 9 heteroatoms. The van der Waals surface area contributed by atoms with Crippen molar-refractivity contribution in [3.63, 3.8) is 0 Å². The highest BCUT2D eigenvalue weighted by atomic mass is 19.1. The summed E-state index contributed by atoms with van der Waals surface area (Å²) in [5, 5.41) is 13.5. The number of nitrogens with zero attached hydrogens (tertiary/aromatic N) is 4. The molecule has 1 aliphatic rings.